The van der Waals surface area contributed by atoms with E-state index in [4.69, 9.17) is 5.73 Å². The van der Waals surface area contributed by atoms with Crippen LogP contribution in [0.15, 0.2) is 42.7 Å². The minimum absolute atomic E-state index is 0.0182. The van der Waals surface area contributed by atoms with Crippen molar-refractivity contribution in [2.24, 2.45) is 41.4 Å². The average molecular weight is 677 g/mol. The number of hydrogen-bond acceptors (Lipinski definition) is 6. The number of aliphatic hydroxyl groups excluding tert-OH is 2. The minimum Gasteiger partial charge on any atom is -0.667 e. The summed E-state index contributed by atoms with van der Waals surface area (Å²) < 4.78 is 0. The number of anilines is 1. The number of aliphatic carboxylic acids is 1. The number of carboxylic acid groups (broad SMARTS) is 1. The fourth-order valence-electron chi connectivity index (χ4n) is 9.72. The summed E-state index contributed by atoms with van der Waals surface area (Å²) in [4.78, 5) is 21.3. The molecule has 0 saturated heterocycles. The van der Waals surface area contributed by atoms with Crippen LogP contribution < -0.4 is 10.7 Å². The Labute approximate surface area is 294 Å². The fraction of sp³-hybridized carbons (Fsp3) is 0.707. The Hall–Kier alpha value is -2.68. The highest BCUT2D eigenvalue weighted by Crippen LogP contribution is 2.56. The highest BCUT2D eigenvalue weighted by atomic mass is 16.4. The molecule has 0 spiro atoms. The fourth-order valence-corrected chi connectivity index (χ4v) is 9.72. The van der Waals surface area contributed by atoms with Crippen LogP contribution in [0, 0.1) is 41.4 Å². The molecular formula is C41H62N3O5-. The van der Waals surface area contributed by atoms with Gasteiger partial charge in [0.25, 0.3) is 0 Å². The Bertz CT molecular complexity index is 1360. The van der Waals surface area contributed by atoms with Crippen LogP contribution in [0.1, 0.15) is 121 Å². The number of aromatic nitrogens is 2. The zero-order valence-electron chi connectivity index (χ0n) is 29.9. The van der Waals surface area contributed by atoms with E-state index in [1.54, 1.807) is 6.20 Å². The summed E-state index contributed by atoms with van der Waals surface area (Å²) >= 11 is 0. The maximum atomic E-state index is 12.6. The van der Waals surface area contributed by atoms with E-state index in [1.165, 1.54) is 24.8 Å². The average Bonchev–Trinajstić information content (AvgIpc) is 3.64. The van der Waals surface area contributed by atoms with Gasteiger partial charge < -0.3 is 31.1 Å². The first-order chi connectivity index (χ1) is 23.6. The zero-order valence-corrected chi connectivity index (χ0v) is 29.9. The standard InChI is InChI=1S/C41H62N3O5/c1-3-5-7-10-28-13-14-30(37(45)21-28)11-8-6-9-12-35(40(47)48)39(46)31-15-16-36-32(19-29-17-18-43-38(42)22-29)23-33(41(36,49)25-31)24-34-20-27(4-2)26-44-34/h13-14,17-18,20,22,26,28,30-33,35-37,39,45-46,49H,3-12,15-16,19,21,23-25H2,1-2H3,(H2,42,43)(H,47,48)/q-1. The molecule has 2 saturated carbocycles. The van der Waals surface area contributed by atoms with Gasteiger partial charge >= 0.3 is 5.97 Å². The molecule has 2 aromatic rings. The molecule has 10 unspecified atom stereocenters. The SMILES string of the molecule is CCCCCC1C=CC(CCCCCC(C(=O)O)C(O)C2CCC3C(Cc4ccnc(N)c4)CC(Cc4cc(CC)c[n-]4)C3(O)C2)C(O)C1. The normalized spacial score (nSPS) is 31.0. The summed E-state index contributed by atoms with van der Waals surface area (Å²) in [6.45, 7) is 4.33. The summed E-state index contributed by atoms with van der Waals surface area (Å²) in [5.41, 5.74) is 8.31. The lowest BCUT2D eigenvalue weighted by molar-refractivity contribution is -0.152. The molecule has 0 aliphatic heterocycles. The number of rotatable bonds is 18. The number of allylic oxidation sites excluding steroid dienone is 1. The van der Waals surface area contributed by atoms with E-state index < -0.39 is 23.6 Å². The number of nitrogens with two attached hydrogens (primary N) is 1. The Kier molecular flexibility index (Phi) is 13.4. The van der Waals surface area contributed by atoms with Crippen LogP contribution in [-0.2, 0) is 24.1 Å². The molecule has 8 heteroatoms. The maximum Gasteiger partial charge on any atom is 0.309 e. The summed E-state index contributed by atoms with van der Waals surface area (Å²) in [7, 11) is 0. The van der Waals surface area contributed by atoms with Gasteiger partial charge in [0.05, 0.1) is 23.7 Å². The van der Waals surface area contributed by atoms with E-state index in [9.17, 15) is 25.2 Å². The number of carbonyl (C=O) groups is 1. The molecule has 0 radical (unpaired) electrons. The van der Waals surface area contributed by atoms with Crippen molar-refractivity contribution in [2.45, 2.75) is 141 Å². The van der Waals surface area contributed by atoms with Crippen LogP contribution in [0.25, 0.3) is 0 Å². The van der Waals surface area contributed by atoms with Crippen LogP contribution in [0.3, 0.4) is 0 Å². The number of aryl methyl sites for hydroxylation is 1. The van der Waals surface area contributed by atoms with Gasteiger partial charge in [0.2, 0.25) is 0 Å². The van der Waals surface area contributed by atoms with Crippen LogP contribution in [0.5, 0.6) is 0 Å². The van der Waals surface area contributed by atoms with Gasteiger partial charge in [0.15, 0.2) is 0 Å². The number of aliphatic hydroxyl groups is 3. The molecule has 0 bridgehead atoms. The van der Waals surface area contributed by atoms with Gasteiger partial charge in [-0.25, -0.2) is 4.98 Å². The van der Waals surface area contributed by atoms with E-state index in [0.717, 1.165) is 75.5 Å². The van der Waals surface area contributed by atoms with E-state index in [2.05, 4.69) is 42.0 Å². The lowest BCUT2D eigenvalue weighted by Gasteiger charge is -2.46. The van der Waals surface area contributed by atoms with Crippen molar-refractivity contribution in [2.75, 3.05) is 5.73 Å². The first kappa shape index (κ1) is 37.6. The Morgan fingerprint density at radius 3 is 2.57 bits per heavy atom. The van der Waals surface area contributed by atoms with Crippen LogP contribution in [0.4, 0.5) is 5.82 Å². The van der Waals surface area contributed by atoms with Crippen molar-refractivity contribution < 1.29 is 25.2 Å². The maximum absolute atomic E-state index is 12.6. The van der Waals surface area contributed by atoms with Crippen molar-refractivity contribution >= 4 is 11.8 Å². The predicted octanol–water partition coefficient (Wildman–Crippen LogP) is 6.90. The second-order valence-electron chi connectivity index (χ2n) is 15.8. The topological polar surface area (TPSA) is 151 Å². The number of unbranched alkanes of at least 4 members (excludes halogenated alkanes) is 4. The van der Waals surface area contributed by atoms with Gasteiger partial charge in [-0.15, -0.1) is 0 Å². The third kappa shape index (κ3) is 9.56. The van der Waals surface area contributed by atoms with Gasteiger partial charge in [-0.3, -0.25) is 4.79 Å². The zero-order chi connectivity index (χ0) is 35.0. The number of hydrogen-bond donors (Lipinski definition) is 5. The van der Waals surface area contributed by atoms with Gasteiger partial charge in [0, 0.05) is 12.1 Å². The summed E-state index contributed by atoms with van der Waals surface area (Å²) in [5.74, 6) is -0.616. The summed E-state index contributed by atoms with van der Waals surface area (Å²) in [6, 6.07) is 6.06. The predicted molar refractivity (Wildman–Crippen MR) is 194 cm³/mol. The molecule has 8 nitrogen and oxygen atoms in total. The molecule has 2 heterocycles. The second-order valence-corrected chi connectivity index (χ2v) is 15.8. The van der Waals surface area contributed by atoms with Crippen molar-refractivity contribution in [3.63, 3.8) is 0 Å². The monoisotopic (exact) mass is 676 g/mol. The highest BCUT2D eigenvalue weighted by molar-refractivity contribution is 5.70. The smallest absolute Gasteiger partial charge is 0.309 e. The van der Waals surface area contributed by atoms with E-state index in [1.807, 2.05) is 18.3 Å². The first-order valence-corrected chi connectivity index (χ1v) is 19.4. The van der Waals surface area contributed by atoms with Crippen LogP contribution in [0.2, 0.25) is 0 Å². The molecular weight excluding hydrogens is 614 g/mol. The number of fused-ring (bicyclic) bond motifs is 1. The number of nitrogens with zero attached hydrogens (tertiary/aromatic N) is 2. The molecule has 3 aliphatic rings. The molecule has 272 valence electrons. The van der Waals surface area contributed by atoms with E-state index >= 15 is 0 Å². The minimum atomic E-state index is -1.00. The Balaban J connectivity index is 1.18. The van der Waals surface area contributed by atoms with Gasteiger partial charge in [-0.2, -0.15) is 11.9 Å². The third-order valence-electron chi connectivity index (χ3n) is 12.5. The number of pyridine rings is 1. The van der Waals surface area contributed by atoms with Crippen LogP contribution >= 0.6 is 0 Å². The molecule has 3 aliphatic carbocycles. The molecule has 2 fully saturated rings. The van der Waals surface area contributed by atoms with Crippen molar-refractivity contribution in [1.82, 2.24) is 9.97 Å². The van der Waals surface area contributed by atoms with E-state index in [-0.39, 0.29) is 35.7 Å². The molecule has 49 heavy (non-hydrogen) atoms. The number of nitrogen functional groups attached to an aromatic ring is 1. The van der Waals surface area contributed by atoms with Crippen molar-refractivity contribution in [3.8, 4) is 0 Å². The van der Waals surface area contributed by atoms with E-state index in [0.29, 0.717) is 37.4 Å². The molecule has 6 N–H and O–H groups in total. The summed E-state index contributed by atoms with van der Waals surface area (Å²) in [6.07, 6.45) is 21.5. The quantitative estimate of drug-likeness (QED) is 0.0845. The van der Waals surface area contributed by atoms with Crippen molar-refractivity contribution in [1.29, 1.82) is 0 Å². The first-order valence-electron chi connectivity index (χ1n) is 19.4. The van der Waals surface area contributed by atoms with Gasteiger partial charge in [-0.05, 0) is 118 Å². The molecule has 2 aromatic heterocycles. The lowest BCUT2D eigenvalue weighted by Crippen LogP contribution is -2.50. The van der Waals surface area contributed by atoms with Crippen LogP contribution in [-0.4, -0.2) is 49.2 Å². The second kappa shape index (κ2) is 17.5. The lowest BCUT2D eigenvalue weighted by atomic mass is 9.64. The largest absolute Gasteiger partial charge is 0.667 e. The third-order valence-corrected chi connectivity index (χ3v) is 12.5. The molecule has 10 atom stereocenters. The highest BCUT2D eigenvalue weighted by Gasteiger charge is 2.57. The summed E-state index contributed by atoms with van der Waals surface area (Å²) in [5, 5.41) is 45.1. The Morgan fingerprint density at radius 1 is 1.04 bits per heavy atom. The molecule has 5 rings (SSSR count). The molecule has 0 amide bonds. The van der Waals surface area contributed by atoms with Gasteiger partial charge in [0.1, 0.15) is 5.82 Å². The van der Waals surface area contributed by atoms with Gasteiger partial charge in [-0.1, -0.05) is 76.2 Å². The Morgan fingerprint density at radius 2 is 1.86 bits per heavy atom. The number of carboxylic acids is 1. The molecule has 0 aromatic carbocycles. The van der Waals surface area contributed by atoms with Crippen molar-refractivity contribution in [3.05, 3.63) is 59.6 Å².